The number of carbonyl (C=O) groups excluding carboxylic acids is 3. The summed E-state index contributed by atoms with van der Waals surface area (Å²) in [4.78, 5) is 40.4. The molecular weight excluding hydrogens is 358 g/mol. The molecule has 0 aliphatic carbocycles. The normalized spacial score (nSPS) is 17.7. The largest absolute Gasteiger partial charge is 0.476 e. The minimum Gasteiger partial charge on any atom is -0.476 e. The topological polar surface area (TPSA) is 79.0 Å². The average Bonchev–Trinajstić information content (AvgIpc) is 2.71. The van der Waals surface area contributed by atoms with Crippen LogP contribution >= 0.6 is 0 Å². The van der Waals surface area contributed by atoms with Crippen LogP contribution in [0.25, 0.3) is 0 Å². The summed E-state index contributed by atoms with van der Waals surface area (Å²) in [6.45, 7) is 0.140. The predicted molar refractivity (Wildman–Crippen MR) is 105 cm³/mol. The second kappa shape index (κ2) is 6.99. The lowest BCUT2D eigenvalue weighted by molar-refractivity contribution is -0.135. The lowest BCUT2D eigenvalue weighted by Gasteiger charge is -2.35. The number of fused-ring (bicyclic) bond motifs is 2. The van der Waals surface area contributed by atoms with Crippen LogP contribution in [0, 0.1) is 0 Å². The van der Waals surface area contributed by atoms with Gasteiger partial charge in [-0.15, -0.1) is 0 Å². The van der Waals surface area contributed by atoms with E-state index in [9.17, 15) is 14.4 Å². The maximum atomic E-state index is 13.3. The summed E-state index contributed by atoms with van der Waals surface area (Å²) in [5.41, 5.74) is 2.84. The van der Waals surface area contributed by atoms with Gasteiger partial charge in [0.25, 0.3) is 11.8 Å². The first-order valence-electron chi connectivity index (χ1n) is 9.15. The molecule has 2 aliphatic rings. The standard InChI is InChI=1S/C21H21N3O4/c1-23(2)21(27)18-12-24(16-5-3-4-6-17(16)28-18)20(26)14-7-9-15-13(11-14)8-10-19(25)22-15/h3-7,9,11,18H,8,10,12H2,1-2H3,(H,22,25). The van der Waals surface area contributed by atoms with E-state index in [0.717, 1.165) is 11.3 Å². The third-order valence-electron chi connectivity index (χ3n) is 4.98. The van der Waals surface area contributed by atoms with E-state index in [1.54, 1.807) is 37.2 Å². The van der Waals surface area contributed by atoms with E-state index in [1.165, 1.54) is 4.90 Å². The molecule has 4 rings (SSSR count). The minimum absolute atomic E-state index is 0.0151. The fraction of sp³-hybridized carbons (Fsp3) is 0.286. The lowest BCUT2D eigenvalue weighted by Crippen LogP contribution is -2.50. The number of hydrogen-bond acceptors (Lipinski definition) is 4. The molecule has 3 amide bonds. The number of nitrogens with one attached hydrogen (secondary N) is 1. The molecule has 1 unspecified atom stereocenters. The third kappa shape index (κ3) is 3.19. The van der Waals surface area contributed by atoms with Crippen molar-refractivity contribution in [1.29, 1.82) is 0 Å². The van der Waals surface area contributed by atoms with Gasteiger partial charge in [-0.05, 0) is 42.3 Å². The first-order chi connectivity index (χ1) is 13.4. The van der Waals surface area contributed by atoms with Crippen molar-refractivity contribution >= 4 is 29.1 Å². The Bertz CT molecular complexity index is 970. The maximum absolute atomic E-state index is 13.3. The first kappa shape index (κ1) is 18.0. The van der Waals surface area contributed by atoms with E-state index in [-0.39, 0.29) is 24.3 Å². The van der Waals surface area contributed by atoms with Crippen LogP contribution in [0.4, 0.5) is 11.4 Å². The Morgan fingerprint density at radius 2 is 1.93 bits per heavy atom. The van der Waals surface area contributed by atoms with Gasteiger partial charge in [0.05, 0.1) is 12.2 Å². The van der Waals surface area contributed by atoms with Gasteiger partial charge in [0, 0.05) is 31.8 Å². The van der Waals surface area contributed by atoms with Crippen molar-refractivity contribution in [2.45, 2.75) is 18.9 Å². The molecule has 1 N–H and O–H groups in total. The SMILES string of the molecule is CN(C)C(=O)C1CN(C(=O)c2ccc3c(c2)CCC(=O)N3)c2ccccc2O1. The summed E-state index contributed by atoms with van der Waals surface area (Å²) >= 11 is 0. The van der Waals surface area contributed by atoms with Crippen LogP contribution in [-0.4, -0.2) is 49.4 Å². The number of aryl methyl sites for hydroxylation is 1. The Hall–Kier alpha value is -3.35. The summed E-state index contributed by atoms with van der Waals surface area (Å²) in [7, 11) is 3.33. The third-order valence-corrected chi connectivity index (χ3v) is 4.98. The van der Waals surface area contributed by atoms with Gasteiger partial charge >= 0.3 is 0 Å². The first-order valence-corrected chi connectivity index (χ1v) is 9.15. The number of carbonyl (C=O) groups is 3. The number of likely N-dealkylation sites (N-methyl/N-ethyl adjacent to an activating group) is 1. The molecule has 2 aromatic rings. The van der Waals surface area contributed by atoms with Gasteiger partial charge in [-0.3, -0.25) is 14.4 Å². The highest BCUT2D eigenvalue weighted by Gasteiger charge is 2.35. The Balaban J connectivity index is 1.68. The molecule has 28 heavy (non-hydrogen) atoms. The van der Waals surface area contributed by atoms with E-state index in [4.69, 9.17) is 4.74 Å². The van der Waals surface area contributed by atoms with Crippen molar-refractivity contribution < 1.29 is 19.1 Å². The van der Waals surface area contributed by atoms with E-state index >= 15 is 0 Å². The van der Waals surface area contributed by atoms with E-state index in [2.05, 4.69) is 5.32 Å². The zero-order valence-electron chi connectivity index (χ0n) is 15.8. The highest BCUT2D eigenvalue weighted by molar-refractivity contribution is 6.08. The molecule has 7 heteroatoms. The quantitative estimate of drug-likeness (QED) is 0.866. The number of amides is 3. The van der Waals surface area contributed by atoms with Gasteiger partial charge in [0.2, 0.25) is 5.91 Å². The van der Waals surface area contributed by atoms with Gasteiger partial charge < -0.3 is 19.9 Å². The highest BCUT2D eigenvalue weighted by atomic mass is 16.5. The smallest absolute Gasteiger partial charge is 0.265 e. The van der Waals surface area contributed by atoms with Crippen LogP contribution < -0.4 is 15.0 Å². The summed E-state index contributed by atoms with van der Waals surface area (Å²) < 4.78 is 5.84. The Labute approximate surface area is 162 Å². The summed E-state index contributed by atoms with van der Waals surface area (Å²) in [6.07, 6.45) is 0.250. The van der Waals surface area contributed by atoms with Crippen LogP contribution in [-0.2, 0) is 16.0 Å². The average molecular weight is 379 g/mol. The highest BCUT2D eigenvalue weighted by Crippen LogP contribution is 2.35. The molecule has 0 bridgehead atoms. The zero-order valence-corrected chi connectivity index (χ0v) is 15.8. The van der Waals surface area contributed by atoms with E-state index in [0.29, 0.717) is 29.8 Å². The molecule has 0 radical (unpaired) electrons. The second-order valence-electron chi connectivity index (χ2n) is 7.14. The fourth-order valence-corrected chi connectivity index (χ4v) is 3.52. The lowest BCUT2D eigenvalue weighted by atomic mass is 9.99. The van der Waals surface area contributed by atoms with E-state index < -0.39 is 6.10 Å². The van der Waals surface area contributed by atoms with Crippen LogP contribution in [0.1, 0.15) is 22.3 Å². The molecule has 0 spiro atoms. The van der Waals surface area contributed by atoms with Crippen molar-refractivity contribution in [3.63, 3.8) is 0 Å². The summed E-state index contributed by atoms with van der Waals surface area (Å²) in [6, 6.07) is 12.5. The van der Waals surface area contributed by atoms with Gasteiger partial charge in [-0.25, -0.2) is 0 Å². The Kier molecular flexibility index (Phi) is 4.50. The molecule has 144 valence electrons. The number of nitrogens with zero attached hydrogens (tertiary/aromatic N) is 2. The maximum Gasteiger partial charge on any atom is 0.265 e. The molecule has 2 heterocycles. The van der Waals surface area contributed by atoms with Gasteiger partial charge in [0.1, 0.15) is 5.75 Å². The Morgan fingerprint density at radius 3 is 2.71 bits per heavy atom. The van der Waals surface area contributed by atoms with Crippen LogP contribution in [0.2, 0.25) is 0 Å². The predicted octanol–water partition coefficient (Wildman–Crippen LogP) is 2.07. The fourth-order valence-electron chi connectivity index (χ4n) is 3.52. The van der Waals surface area contributed by atoms with Crippen molar-refractivity contribution in [3.8, 4) is 5.75 Å². The van der Waals surface area contributed by atoms with Crippen molar-refractivity contribution in [2.75, 3.05) is 30.9 Å². The van der Waals surface area contributed by atoms with Gasteiger partial charge in [-0.2, -0.15) is 0 Å². The van der Waals surface area contributed by atoms with Crippen molar-refractivity contribution in [3.05, 3.63) is 53.6 Å². The van der Waals surface area contributed by atoms with Crippen molar-refractivity contribution in [1.82, 2.24) is 4.90 Å². The van der Waals surface area contributed by atoms with Gasteiger partial charge in [-0.1, -0.05) is 12.1 Å². The molecule has 2 aromatic carbocycles. The number of ether oxygens (including phenoxy) is 1. The van der Waals surface area contributed by atoms with Crippen LogP contribution in [0.3, 0.4) is 0 Å². The monoisotopic (exact) mass is 379 g/mol. The number of rotatable bonds is 2. The molecule has 0 saturated carbocycles. The van der Waals surface area contributed by atoms with Gasteiger partial charge in [0.15, 0.2) is 6.10 Å². The van der Waals surface area contributed by atoms with E-state index in [1.807, 2.05) is 24.3 Å². The molecular formula is C21H21N3O4. The molecule has 0 aromatic heterocycles. The summed E-state index contributed by atoms with van der Waals surface area (Å²) in [5.74, 6) is 0.0960. The number of hydrogen-bond donors (Lipinski definition) is 1. The molecule has 7 nitrogen and oxygen atoms in total. The zero-order chi connectivity index (χ0) is 19.8. The molecule has 1 atom stereocenters. The number of benzene rings is 2. The molecule has 0 fully saturated rings. The van der Waals surface area contributed by atoms with Crippen LogP contribution in [0.5, 0.6) is 5.75 Å². The number of para-hydroxylation sites is 2. The van der Waals surface area contributed by atoms with Crippen LogP contribution in [0.15, 0.2) is 42.5 Å². The summed E-state index contributed by atoms with van der Waals surface area (Å²) in [5, 5.41) is 2.82. The van der Waals surface area contributed by atoms with Crippen molar-refractivity contribution in [2.24, 2.45) is 0 Å². The molecule has 2 aliphatic heterocycles. The number of anilines is 2. The minimum atomic E-state index is -0.759. The molecule has 0 saturated heterocycles. The second-order valence-corrected chi connectivity index (χ2v) is 7.14. The Morgan fingerprint density at radius 1 is 1.14 bits per heavy atom.